The summed E-state index contributed by atoms with van der Waals surface area (Å²) in [6, 6.07) is 8.91. The van der Waals surface area contributed by atoms with Gasteiger partial charge in [0.2, 0.25) is 5.91 Å². The standard InChI is InChI=1S/C19H18N2O4/c1-11(22)20-10-14-9-13(8-7-12-5-3-2-4-6-12)16(19(24)25)21-15(14)17(20)18(21)23/h2-8,14-15,17H,9-10H2,1H3,(H,24,25)/b8-7+/t14-,15-,17+/m1/s1. The van der Waals surface area contributed by atoms with E-state index in [0.717, 1.165) is 5.56 Å². The lowest BCUT2D eigenvalue weighted by Gasteiger charge is -2.49. The highest BCUT2D eigenvalue weighted by atomic mass is 16.4. The molecule has 3 aliphatic rings. The number of rotatable bonds is 3. The first-order valence-electron chi connectivity index (χ1n) is 8.29. The van der Waals surface area contributed by atoms with Gasteiger partial charge in [-0.2, -0.15) is 0 Å². The number of carboxylic acid groups (broad SMARTS) is 1. The van der Waals surface area contributed by atoms with Crippen molar-refractivity contribution in [3.63, 3.8) is 0 Å². The molecule has 2 saturated heterocycles. The number of carbonyl (C=O) groups excluding carboxylic acids is 2. The number of hydrogen-bond donors (Lipinski definition) is 1. The van der Waals surface area contributed by atoms with Gasteiger partial charge in [0.25, 0.3) is 5.91 Å². The molecule has 0 radical (unpaired) electrons. The van der Waals surface area contributed by atoms with Crippen LogP contribution >= 0.6 is 0 Å². The number of hydrogen-bond acceptors (Lipinski definition) is 3. The second-order valence-electron chi connectivity index (χ2n) is 6.70. The molecule has 4 rings (SSSR count). The summed E-state index contributed by atoms with van der Waals surface area (Å²) < 4.78 is 0. The molecule has 1 aromatic rings. The summed E-state index contributed by atoms with van der Waals surface area (Å²) >= 11 is 0. The summed E-state index contributed by atoms with van der Waals surface area (Å²) in [4.78, 5) is 39.1. The molecule has 2 fully saturated rings. The van der Waals surface area contributed by atoms with E-state index in [-0.39, 0.29) is 29.5 Å². The molecule has 1 aromatic carbocycles. The molecule has 6 nitrogen and oxygen atoms in total. The van der Waals surface area contributed by atoms with Crippen molar-refractivity contribution in [3.05, 3.63) is 53.2 Å². The maximum absolute atomic E-state index is 12.5. The highest BCUT2D eigenvalue weighted by molar-refractivity contribution is 6.02. The molecule has 3 aliphatic heterocycles. The lowest BCUT2D eigenvalue weighted by Crippen LogP contribution is -2.69. The second kappa shape index (κ2) is 5.58. The van der Waals surface area contributed by atoms with Crippen LogP contribution in [0.4, 0.5) is 0 Å². The van der Waals surface area contributed by atoms with Crippen LogP contribution in [0.25, 0.3) is 6.08 Å². The third-order valence-electron chi connectivity index (χ3n) is 5.27. The predicted molar refractivity (Wildman–Crippen MR) is 90.1 cm³/mol. The van der Waals surface area contributed by atoms with Crippen molar-refractivity contribution in [2.75, 3.05) is 6.54 Å². The molecule has 128 valence electrons. The summed E-state index contributed by atoms with van der Waals surface area (Å²) in [5.74, 6) is -1.43. The van der Waals surface area contributed by atoms with Gasteiger partial charge in [0.1, 0.15) is 11.7 Å². The topological polar surface area (TPSA) is 77.9 Å². The summed E-state index contributed by atoms with van der Waals surface area (Å²) in [6.07, 6.45) is 4.20. The van der Waals surface area contributed by atoms with Gasteiger partial charge in [-0.15, -0.1) is 0 Å². The molecule has 3 heterocycles. The molecule has 2 amide bonds. The zero-order chi connectivity index (χ0) is 17.7. The first kappa shape index (κ1) is 15.6. The van der Waals surface area contributed by atoms with Crippen molar-refractivity contribution in [1.29, 1.82) is 0 Å². The van der Waals surface area contributed by atoms with E-state index in [1.807, 2.05) is 36.4 Å². The normalized spacial score (nSPS) is 27.6. The Morgan fingerprint density at radius 2 is 1.92 bits per heavy atom. The van der Waals surface area contributed by atoms with Crippen molar-refractivity contribution in [2.24, 2.45) is 5.92 Å². The number of likely N-dealkylation sites (tertiary alicyclic amines) is 1. The lowest BCUT2D eigenvalue weighted by molar-refractivity contribution is -0.159. The minimum Gasteiger partial charge on any atom is -0.477 e. The quantitative estimate of drug-likeness (QED) is 0.847. The van der Waals surface area contributed by atoms with Gasteiger partial charge < -0.3 is 10.0 Å². The monoisotopic (exact) mass is 338 g/mol. The Morgan fingerprint density at radius 1 is 1.20 bits per heavy atom. The van der Waals surface area contributed by atoms with E-state index in [9.17, 15) is 19.5 Å². The Morgan fingerprint density at radius 3 is 2.56 bits per heavy atom. The highest BCUT2D eigenvalue weighted by Crippen LogP contribution is 2.47. The smallest absolute Gasteiger partial charge is 0.352 e. The van der Waals surface area contributed by atoms with Gasteiger partial charge in [-0.1, -0.05) is 42.5 Å². The fraction of sp³-hybridized carbons (Fsp3) is 0.316. The average Bonchev–Trinajstić information content (AvgIpc) is 2.96. The van der Waals surface area contributed by atoms with Gasteiger partial charge in [0, 0.05) is 19.4 Å². The molecule has 0 bridgehead atoms. The van der Waals surface area contributed by atoms with Crippen LogP contribution in [-0.4, -0.2) is 51.3 Å². The van der Waals surface area contributed by atoms with E-state index in [2.05, 4.69) is 0 Å². The number of allylic oxidation sites excluding steroid dienone is 2. The number of carbonyl (C=O) groups is 3. The fourth-order valence-electron chi connectivity index (χ4n) is 4.21. The Kier molecular flexibility index (Phi) is 3.49. The van der Waals surface area contributed by atoms with Gasteiger partial charge in [0.05, 0.1) is 6.04 Å². The minimum absolute atomic E-state index is 0.0556. The van der Waals surface area contributed by atoms with Crippen LogP contribution in [0.1, 0.15) is 18.9 Å². The van der Waals surface area contributed by atoms with E-state index in [1.165, 1.54) is 11.8 Å². The van der Waals surface area contributed by atoms with E-state index in [4.69, 9.17) is 0 Å². The minimum atomic E-state index is -1.10. The maximum Gasteiger partial charge on any atom is 0.352 e. The SMILES string of the molecule is CC(=O)N1C[C@H]2CC(/C=C/c3ccccc3)=C(C(=O)O)N3C(=O)[C@@H]1[C@@H]23. The van der Waals surface area contributed by atoms with E-state index < -0.39 is 12.0 Å². The van der Waals surface area contributed by atoms with Crippen LogP contribution in [0.15, 0.2) is 47.7 Å². The molecule has 1 N–H and O–H groups in total. The molecule has 0 aliphatic carbocycles. The summed E-state index contributed by atoms with van der Waals surface area (Å²) in [5, 5.41) is 9.65. The van der Waals surface area contributed by atoms with Crippen molar-refractivity contribution >= 4 is 23.9 Å². The lowest BCUT2D eigenvalue weighted by atomic mass is 9.79. The molecule has 3 atom stereocenters. The number of amides is 2. The molecule has 0 spiro atoms. The highest BCUT2D eigenvalue weighted by Gasteiger charge is 2.63. The average molecular weight is 338 g/mol. The third-order valence-corrected chi connectivity index (χ3v) is 5.27. The van der Waals surface area contributed by atoms with Gasteiger partial charge in [0.15, 0.2) is 0 Å². The van der Waals surface area contributed by atoms with E-state index in [0.29, 0.717) is 18.5 Å². The second-order valence-corrected chi connectivity index (χ2v) is 6.70. The molecule has 0 unspecified atom stereocenters. The largest absolute Gasteiger partial charge is 0.477 e. The number of nitrogens with zero attached hydrogens (tertiary/aromatic N) is 2. The Hall–Kier alpha value is -2.89. The van der Waals surface area contributed by atoms with Crippen LogP contribution < -0.4 is 0 Å². The molecule has 0 aromatic heterocycles. The predicted octanol–water partition coefficient (Wildman–Crippen LogP) is 1.50. The Labute approximate surface area is 145 Å². The number of aliphatic carboxylic acids is 1. The van der Waals surface area contributed by atoms with Crippen LogP contribution in [0.2, 0.25) is 0 Å². The van der Waals surface area contributed by atoms with Crippen LogP contribution in [0.5, 0.6) is 0 Å². The van der Waals surface area contributed by atoms with Crippen molar-refractivity contribution in [1.82, 2.24) is 9.80 Å². The van der Waals surface area contributed by atoms with E-state index in [1.54, 1.807) is 11.0 Å². The van der Waals surface area contributed by atoms with Crippen LogP contribution in [0, 0.1) is 5.92 Å². The first-order valence-corrected chi connectivity index (χ1v) is 8.29. The van der Waals surface area contributed by atoms with Gasteiger partial charge in [-0.05, 0) is 17.6 Å². The zero-order valence-electron chi connectivity index (χ0n) is 13.8. The molecular formula is C19H18N2O4. The third kappa shape index (κ3) is 2.28. The number of benzene rings is 1. The molecule has 0 saturated carbocycles. The number of carboxylic acids is 1. The number of β-lactam (4-membered cyclic amide) rings is 1. The Bertz CT molecular complexity index is 827. The molecular weight excluding hydrogens is 320 g/mol. The zero-order valence-corrected chi connectivity index (χ0v) is 13.8. The molecule has 6 heteroatoms. The van der Waals surface area contributed by atoms with Crippen molar-refractivity contribution < 1.29 is 19.5 Å². The molecule has 25 heavy (non-hydrogen) atoms. The van der Waals surface area contributed by atoms with Crippen molar-refractivity contribution in [3.8, 4) is 0 Å². The summed E-state index contributed by atoms with van der Waals surface area (Å²) in [5.41, 5.74) is 1.65. The Balaban J connectivity index is 1.70. The maximum atomic E-state index is 12.5. The summed E-state index contributed by atoms with van der Waals surface area (Å²) in [7, 11) is 0. The fourth-order valence-corrected chi connectivity index (χ4v) is 4.21. The van der Waals surface area contributed by atoms with Gasteiger partial charge in [-0.3, -0.25) is 14.5 Å². The van der Waals surface area contributed by atoms with Crippen LogP contribution in [0.3, 0.4) is 0 Å². The van der Waals surface area contributed by atoms with E-state index >= 15 is 0 Å². The van der Waals surface area contributed by atoms with Gasteiger partial charge in [-0.25, -0.2) is 4.79 Å². The first-order chi connectivity index (χ1) is 12.0. The van der Waals surface area contributed by atoms with Gasteiger partial charge >= 0.3 is 5.97 Å². The van der Waals surface area contributed by atoms with Crippen molar-refractivity contribution in [2.45, 2.75) is 25.4 Å². The van der Waals surface area contributed by atoms with Crippen LogP contribution in [-0.2, 0) is 14.4 Å². The summed E-state index contributed by atoms with van der Waals surface area (Å²) in [6.45, 7) is 1.96.